The summed E-state index contributed by atoms with van der Waals surface area (Å²) in [5.41, 5.74) is 1.41. The lowest BCUT2D eigenvalue weighted by Gasteiger charge is -2.45. The molecule has 2 aromatic carbocycles. The highest BCUT2D eigenvalue weighted by Gasteiger charge is 2.44. The van der Waals surface area contributed by atoms with E-state index in [1.807, 2.05) is 37.4 Å². The molecule has 2 aliphatic rings. The third-order valence-electron chi connectivity index (χ3n) is 6.24. The number of benzene rings is 2. The van der Waals surface area contributed by atoms with Crippen molar-refractivity contribution in [2.75, 3.05) is 25.5 Å². The molecular formula is C24H28F3N3O2. The molecule has 2 heterocycles. The minimum absolute atomic E-state index is 0.0817. The first-order valence-corrected chi connectivity index (χ1v) is 11.0. The summed E-state index contributed by atoms with van der Waals surface area (Å²) in [7, 11) is 1.85. The van der Waals surface area contributed by atoms with Gasteiger partial charge in [-0.2, -0.15) is 13.2 Å². The van der Waals surface area contributed by atoms with Gasteiger partial charge >= 0.3 is 6.18 Å². The maximum Gasteiger partial charge on any atom is 0.416 e. The number of rotatable bonds is 6. The summed E-state index contributed by atoms with van der Waals surface area (Å²) >= 11 is 0. The van der Waals surface area contributed by atoms with Crippen molar-refractivity contribution in [2.45, 2.75) is 43.7 Å². The highest BCUT2D eigenvalue weighted by molar-refractivity contribution is 5.81. The number of amides is 1. The number of carbonyl (C=O) groups is 1. The zero-order valence-corrected chi connectivity index (χ0v) is 17.9. The topological polar surface area (TPSA) is 62.4 Å². The largest absolute Gasteiger partial charge is 0.416 e. The zero-order chi connectivity index (χ0) is 22.7. The summed E-state index contributed by atoms with van der Waals surface area (Å²) in [6, 6.07) is 13.4. The van der Waals surface area contributed by atoms with Gasteiger partial charge in [0.25, 0.3) is 0 Å². The van der Waals surface area contributed by atoms with Crippen molar-refractivity contribution in [3.05, 3.63) is 65.2 Å². The fourth-order valence-corrected chi connectivity index (χ4v) is 4.64. The van der Waals surface area contributed by atoms with E-state index in [-0.39, 0.29) is 17.9 Å². The Morgan fingerprint density at radius 1 is 1.12 bits per heavy atom. The van der Waals surface area contributed by atoms with Crippen molar-refractivity contribution in [1.29, 1.82) is 0 Å². The van der Waals surface area contributed by atoms with Gasteiger partial charge in [-0.15, -0.1) is 0 Å². The summed E-state index contributed by atoms with van der Waals surface area (Å²) in [6.07, 6.45) is -3.73. The zero-order valence-electron chi connectivity index (χ0n) is 17.9. The van der Waals surface area contributed by atoms with Crippen LogP contribution in [0.25, 0.3) is 0 Å². The molecule has 1 saturated heterocycles. The second-order valence-corrected chi connectivity index (χ2v) is 8.37. The Morgan fingerprint density at radius 2 is 1.91 bits per heavy atom. The van der Waals surface area contributed by atoms with Crippen molar-refractivity contribution < 1.29 is 22.7 Å². The first-order chi connectivity index (χ1) is 15.4. The highest BCUT2D eigenvalue weighted by atomic mass is 19.4. The van der Waals surface area contributed by atoms with E-state index in [9.17, 15) is 18.0 Å². The minimum atomic E-state index is -4.44. The molecule has 0 spiro atoms. The monoisotopic (exact) mass is 447 g/mol. The summed E-state index contributed by atoms with van der Waals surface area (Å²) in [4.78, 5) is 12.7. The molecule has 2 aliphatic heterocycles. The Labute approximate surface area is 185 Å². The summed E-state index contributed by atoms with van der Waals surface area (Å²) in [6.45, 7) is 1.31. The van der Waals surface area contributed by atoms with Crippen LogP contribution < -0.4 is 16.0 Å². The van der Waals surface area contributed by atoms with E-state index in [2.05, 4.69) is 16.0 Å². The smallest absolute Gasteiger partial charge is 0.378 e. The molecule has 0 bridgehead atoms. The molecule has 32 heavy (non-hydrogen) atoms. The Hall–Kier alpha value is -2.58. The normalized spacial score (nSPS) is 24.8. The van der Waals surface area contributed by atoms with E-state index in [1.165, 1.54) is 6.07 Å². The third-order valence-corrected chi connectivity index (χ3v) is 6.24. The molecule has 5 nitrogen and oxygen atoms in total. The van der Waals surface area contributed by atoms with Crippen LogP contribution in [0, 0.1) is 5.92 Å². The van der Waals surface area contributed by atoms with Crippen molar-refractivity contribution >= 4 is 11.6 Å². The minimum Gasteiger partial charge on any atom is -0.378 e. The highest BCUT2D eigenvalue weighted by Crippen LogP contribution is 2.51. The molecule has 0 saturated carbocycles. The molecule has 4 rings (SSSR count). The first kappa shape index (κ1) is 22.6. The standard InChI is InChI=1S/C24H28F3N3O2/c1-28-12-5-13-29-23(31)20-11-9-17-21(15-6-3-2-4-7-15)30-19-10-8-16(24(25,26)27)14-18(19)22(17)32-20/h2-4,6-8,10,14,17,20-22,28,30H,5,9,11-13H2,1H3,(H,29,31)/t17-,20?,21-,22-/m0/s1. The van der Waals surface area contributed by atoms with Crippen molar-refractivity contribution in [3.63, 3.8) is 0 Å². The predicted molar refractivity (Wildman–Crippen MR) is 116 cm³/mol. The second kappa shape index (κ2) is 9.50. The fourth-order valence-electron chi connectivity index (χ4n) is 4.64. The first-order valence-electron chi connectivity index (χ1n) is 11.0. The predicted octanol–water partition coefficient (Wildman–Crippen LogP) is 4.43. The fraction of sp³-hybridized carbons (Fsp3) is 0.458. The van der Waals surface area contributed by atoms with Crippen LogP contribution in [-0.2, 0) is 15.7 Å². The molecule has 3 N–H and O–H groups in total. The SMILES string of the molecule is CNCCCNC(=O)C1CC[C@@H]2[C@H](O1)c1cc(C(F)(F)F)ccc1N[C@H]2c1ccccc1. The van der Waals surface area contributed by atoms with Gasteiger partial charge in [0.2, 0.25) is 5.91 Å². The Kier molecular flexibility index (Phi) is 6.71. The summed E-state index contributed by atoms with van der Waals surface area (Å²) in [5, 5.41) is 9.34. The number of fused-ring (bicyclic) bond motifs is 3. The summed E-state index contributed by atoms with van der Waals surface area (Å²) < 4.78 is 46.4. The number of halogens is 3. The number of nitrogens with one attached hydrogen (secondary N) is 3. The maximum absolute atomic E-state index is 13.4. The lowest BCUT2D eigenvalue weighted by atomic mass is 9.76. The Morgan fingerprint density at radius 3 is 2.62 bits per heavy atom. The lowest BCUT2D eigenvalue weighted by molar-refractivity contribution is -0.149. The molecule has 2 aromatic rings. The van der Waals surface area contributed by atoms with E-state index in [0.717, 1.165) is 30.7 Å². The molecule has 1 fully saturated rings. The number of hydrogen-bond donors (Lipinski definition) is 3. The van der Waals surface area contributed by atoms with Gasteiger partial charge in [0.1, 0.15) is 6.10 Å². The van der Waals surface area contributed by atoms with Gasteiger partial charge < -0.3 is 20.7 Å². The van der Waals surface area contributed by atoms with Crippen LogP contribution in [0.15, 0.2) is 48.5 Å². The van der Waals surface area contributed by atoms with Gasteiger partial charge in [-0.1, -0.05) is 30.3 Å². The molecule has 0 aliphatic carbocycles. The Bertz CT molecular complexity index is 936. The molecule has 0 aromatic heterocycles. The van der Waals surface area contributed by atoms with Crippen LogP contribution in [0.1, 0.15) is 48.1 Å². The van der Waals surface area contributed by atoms with E-state index >= 15 is 0 Å². The maximum atomic E-state index is 13.4. The lowest BCUT2D eigenvalue weighted by Crippen LogP contribution is -2.45. The molecule has 172 valence electrons. The Balaban J connectivity index is 1.62. The van der Waals surface area contributed by atoms with Crippen LogP contribution in [0.2, 0.25) is 0 Å². The van der Waals surface area contributed by atoms with Crippen LogP contribution in [0.5, 0.6) is 0 Å². The van der Waals surface area contributed by atoms with Gasteiger partial charge in [0.05, 0.1) is 17.7 Å². The van der Waals surface area contributed by atoms with Crippen LogP contribution in [0.4, 0.5) is 18.9 Å². The molecule has 0 radical (unpaired) electrons. The third kappa shape index (κ3) is 4.76. The molecule has 4 atom stereocenters. The van der Waals surface area contributed by atoms with E-state index in [0.29, 0.717) is 30.6 Å². The van der Waals surface area contributed by atoms with E-state index in [1.54, 1.807) is 0 Å². The van der Waals surface area contributed by atoms with E-state index in [4.69, 9.17) is 4.74 Å². The van der Waals surface area contributed by atoms with Gasteiger partial charge in [-0.05, 0) is 56.6 Å². The summed E-state index contributed by atoms with van der Waals surface area (Å²) in [5.74, 6) is -0.287. The molecule has 1 unspecified atom stereocenters. The van der Waals surface area contributed by atoms with Crippen molar-refractivity contribution in [1.82, 2.24) is 10.6 Å². The van der Waals surface area contributed by atoms with Crippen LogP contribution in [0.3, 0.4) is 0 Å². The molecular weight excluding hydrogens is 419 g/mol. The quantitative estimate of drug-likeness (QED) is 0.574. The molecule has 8 heteroatoms. The average Bonchev–Trinajstić information content (AvgIpc) is 2.80. The number of anilines is 1. The number of alkyl halides is 3. The second-order valence-electron chi connectivity index (χ2n) is 8.37. The van der Waals surface area contributed by atoms with Gasteiger partial charge in [-0.25, -0.2) is 0 Å². The average molecular weight is 448 g/mol. The van der Waals surface area contributed by atoms with Gasteiger partial charge in [0, 0.05) is 23.7 Å². The van der Waals surface area contributed by atoms with Gasteiger partial charge in [-0.3, -0.25) is 4.79 Å². The van der Waals surface area contributed by atoms with E-state index < -0.39 is 23.9 Å². The van der Waals surface area contributed by atoms with Crippen molar-refractivity contribution in [2.24, 2.45) is 5.92 Å². The molecule has 1 amide bonds. The van der Waals surface area contributed by atoms with Gasteiger partial charge in [0.15, 0.2) is 0 Å². The van der Waals surface area contributed by atoms with Crippen molar-refractivity contribution in [3.8, 4) is 0 Å². The number of ether oxygens (including phenoxy) is 1. The number of hydrogen-bond acceptors (Lipinski definition) is 4. The van der Waals surface area contributed by atoms with Crippen LogP contribution in [-0.4, -0.2) is 32.1 Å². The van der Waals surface area contributed by atoms with Crippen LogP contribution >= 0.6 is 0 Å². The number of carbonyl (C=O) groups excluding carboxylic acids is 1.